The molecule has 3 N–H and O–H groups in total. The highest BCUT2D eigenvalue weighted by atomic mass is 35.5. The third-order valence-corrected chi connectivity index (χ3v) is 4.42. The van der Waals surface area contributed by atoms with Crippen LogP contribution in [0.5, 0.6) is 0 Å². The molecule has 0 aliphatic carbocycles. The van der Waals surface area contributed by atoms with Gasteiger partial charge in [-0.3, -0.25) is 4.79 Å². The predicted octanol–water partition coefficient (Wildman–Crippen LogP) is 3.51. The van der Waals surface area contributed by atoms with E-state index in [1.54, 1.807) is 6.92 Å². The van der Waals surface area contributed by atoms with Gasteiger partial charge in [0.2, 0.25) is 0 Å². The van der Waals surface area contributed by atoms with Crippen molar-refractivity contribution in [1.29, 1.82) is 0 Å². The second-order valence-electron chi connectivity index (χ2n) is 4.85. The number of nitrogens with two attached hydrogens (primary N) is 1. The van der Waals surface area contributed by atoms with Crippen molar-refractivity contribution in [2.45, 2.75) is 25.9 Å². The third kappa shape index (κ3) is 4.55. The van der Waals surface area contributed by atoms with Crippen LogP contribution in [-0.2, 0) is 6.18 Å². The molecule has 0 atom stereocenters. The van der Waals surface area contributed by atoms with Gasteiger partial charge in [0.05, 0.1) is 4.88 Å². The summed E-state index contributed by atoms with van der Waals surface area (Å²) in [5.41, 5.74) is 5.07. The topological polar surface area (TPSA) is 68.0 Å². The highest BCUT2D eigenvalue weighted by Gasteiger charge is 2.33. The van der Waals surface area contributed by atoms with Crippen LogP contribution >= 0.6 is 23.7 Å². The van der Waals surface area contributed by atoms with Gasteiger partial charge in [0.1, 0.15) is 10.5 Å². The van der Waals surface area contributed by atoms with Crippen molar-refractivity contribution in [2.24, 2.45) is 5.73 Å². The highest BCUT2D eigenvalue weighted by molar-refractivity contribution is 7.20. The Labute approximate surface area is 141 Å². The van der Waals surface area contributed by atoms with Crippen molar-refractivity contribution in [3.05, 3.63) is 28.3 Å². The molecule has 0 bridgehead atoms. The van der Waals surface area contributed by atoms with Crippen molar-refractivity contribution in [3.8, 4) is 0 Å². The number of aromatic nitrogens is 1. The number of carbonyl (C=O) groups is 1. The average molecular weight is 368 g/mol. The van der Waals surface area contributed by atoms with Crippen LogP contribution in [0.15, 0.2) is 12.1 Å². The fourth-order valence-electron chi connectivity index (χ4n) is 2.03. The molecule has 2 heterocycles. The lowest BCUT2D eigenvalue weighted by molar-refractivity contribution is -0.140. The molecular formula is C14H17ClF3N3OS. The molecule has 0 aliphatic rings. The number of rotatable bonds is 5. The zero-order valence-corrected chi connectivity index (χ0v) is 14.0. The van der Waals surface area contributed by atoms with E-state index in [1.807, 2.05) is 0 Å². The standard InChI is InChI=1S/C14H16F3N3OS.ClH/c1-8-9-4-5-10(14(15,16)17)20-13(9)22-11(8)12(21)19-7-3-2-6-18;/h4-5H,2-3,6-7,18H2,1H3,(H,19,21);1H. The zero-order valence-electron chi connectivity index (χ0n) is 12.4. The number of unbranched alkanes of at least 4 members (excludes halogenated alkanes) is 1. The van der Waals surface area contributed by atoms with Crippen LogP contribution in [0.4, 0.5) is 13.2 Å². The van der Waals surface area contributed by atoms with Gasteiger partial charge < -0.3 is 11.1 Å². The highest BCUT2D eigenvalue weighted by Crippen LogP contribution is 2.34. The van der Waals surface area contributed by atoms with E-state index in [2.05, 4.69) is 10.3 Å². The number of amides is 1. The fraction of sp³-hybridized carbons (Fsp3) is 0.429. The number of fused-ring (bicyclic) bond motifs is 1. The lowest BCUT2D eigenvalue weighted by Gasteiger charge is -2.04. The van der Waals surface area contributed by atoms with Crippen molar-refractivity contribution in [2.75, 3.05) is 13.1 Å². The van der Waals surface area contributed by atoms with Crippen molar-refractivity contribution >= 4 is 39.9 Å². The van der Waals surface area contributed by atoms with Crippen LogP contribution in [-0.4, -0.2) is 24.0 Å². The molecule has 23 heavy (non-hydrogen) atoms. The summed E-state index contributed by atoms with van der Waals surface area (Å²) < 4.78 is 38.0. The first kappa shape index (κ1) is 19.7. The number of pyridine rings is 1. The van der Waals surface area contributed by atoms with Crippen LogP contribution in [0, 0.1) is 6.92 Å². The number of halogens is 4. The third-order valence-electron chi connectivity index (χ3n) is 3.22. The molecular weight excluding hydrogens is 351 g/mol. The molecule has 0 spiro atoms. The molecule has 4 nitrogen and oxygen atoms in total. The van der Waals surface area contributed by atoms with E-state index in [4.69, 9.17) is 5.73 Å². The summed E-state index contributed by atoms with van der Waals surface area (Å²) in [5.74, 6) is -0.286. The Bertz CT molecular complexity index is 688. The van der Waals surface area contributed by atoms with Gasteiger partial charge in [-0.15, -0.1) is 23.7 Å². The first-order valence-corrected chi connectivity index (χ1v) is 7.62. The summed E-state index contributed by atoms with van der Waals surface area (Å²) in [7, 11) is 0. The van der Waals surface area contributed by atoms with Crippen LogP contribution < -0.4 is 11.1 Å². The lowest BCUT2D eigenvalue weighted by atomic mass is 10.1. The molecule has 0 aromatic carbocycles. The Morgan fingerprint density at radius 2 is 2.04 bits per heavy atom. The number of alkyl halides is 3. The van der Waals surface area contributed by atoms with E-state index >= 15 is 0 Å². The van der Waals surface area contributed by atoms with Crippen LogP contribution in [0.1, 0.15) is 33.8 Å². The normalized spacial score (nSPS) is 11.3. The molecule has 0 radical (unpaired) electrons. The quantitative estimate of drug-likeness (QED) is 0.794. The fourth-order valence-corrected chi connectivity index (χ4v) is 3.12. The summed E-state index contributed by atoms with van der Waals surface area (Å²) in [5, 5.41) is 3.32. The van der Waals surface area contributed by atoms with Crippen LogP contribution in [0.2, 0.25) is 0 Å². The molecule has 128 valence electrons. The summed E-state index contributed by atoms with van der Waals surface area (Å²) in [6, 6.07) is 2.30. The maximum absolute atomic E-state index is 12.7. The average Bonchev–Trinajstić information content (AvgIpc) is 2.79. The number of nitrogens with zero attached hydrogens (tertiary/aromatic N) is 1. The Kier molecular flexibility index (Phi) is 6.79. The smallest absolute Gasteiger partial charge is 0.351 e. The van der Waals surface area contributed by atoms with E-state index < -0.39 is 11.9 Å². The monoisotopic (exact) mass is 367 g/mol. The molecule has 2 aromatic rings. The molecule has 0 aliphatic heterocycles. The number of carbonyl (C=O) groups excluding carboxylic acids is 1. The molecule has 0 saturated heterocycles. The minimum atomic E-state index is -4.49. The molecule has 0 fully saturated rings. The molecule has 0 unspecified atom stereocenters. The first-order valence-electron chi connectivity index (χ1n) is 6.80. The Balaban J connectivity index is 0.00000264. The van der Waals surface area contributed by atoms with Gasteiger partial charge in [-0.25, -0.2) is 4.98 Å². The van der Waals surface area contributed by atoms with E-state index in [-0.39, 0.29) is 23.1 Å². The van der Waals surface area contributed by atoms with E-state index in [0.29, 0.717) is 28.9 Å². The molecule has 0 saturated carbocycles. The number of hydrogen-bond donors (Lipinski definition) is 2. The van der Waals surface area contributed by atoms with E-state index in [1.165, 1.54) is 6.07 Å². The van der Waals surface area contributed by atoms with Gasteiger partial charge >= 0.3 is 6.18 Å². The van der Waals surface area contributed by atoms with Gasteiger partial charge in [0.15, 0.2) is 0 Å². The summed E-state index contributed by atoms with van der Waals surface area (Å²) in [6.07, 6.45) is -2.92. The maximum Gasteiger partial charge on any atom is 0.433 e. The van der Waals surface area contributed by atoms with Crippen LogP contribution in [0.3, 0.4) is 0 Å². The van der Waals surface area contributed by atoms with E-state index in [9.17, 15) is 18.0 Å². The van der Waals surface area contributed by atoms with Gasteiger partial charge in [-0.2, -0.15) is 13.2 Å². The maximum atomic E-state index is 12.7. The summed E-state index contributed by atoms with van der Waals surface area (Å²) in [6.45, 7) is 2.76. The van der Waals surface area contributed by atoms with Crippen molar-refractivity contribution in [1.82, 2.24) is 10.3 Å². The van der Waals surface area contributed by atoms with Crippen molar-refractivity contribution < 1.29 is 18.0 Å². The number of nitrogens with one attached hydrogen (secondary N) is 1. The number of thiophene rings is 1. The summed E-state index contributed by atoms with van der Waals surface area (Å²) >= 11 is 0.978. The Morgan fingerprint density at radius 1 is 1.35 bits per heavy atom. The zero-order chi connectivity index (χ0) is 16.3. The predicted molar refractivity (Wildman–Crippen MR) is 87.2 cm³/mol. The lowest BCUT2D eigenvalue weighted by Crippen LogP contribution is -2.24. The number of aryl methyl sites for hydroxylation is 1. The van der Waals surface area contributed by atoms with Gasteiger partial charge in [-0.05, 0) is 44.0 Å². The largest absolute Gasteiger partial charge is 0.433 e. The minimum absolute atomic E-state index is 0. The Hall–Kier alpha value is -1.38. The van der Waals surface area contributed by atoms with Gasteiger partial charge in [0.25, 0.3) is 5.91 Å². The number of hydrogen-bond acceptors (Lipinski definition) is 4. The van der Waals surface area contributed by atoms with Gasteiger partial charge in [-0.1, -0.05) is 0 Å². The second-order valence-corrected chi connectivity index (χ2v) is 5.85. The molecule has 2 rings (SSSR count). The molecule has 9 heteroatoms. The molecule has 2 aromatic heterocycles. The van der Waals surface area contributed by atoms with Crippen LogP contribution in [0.25, 0.3) is 10.2 Å². The minimum Gasteiger partial charge on any atom is -0.351 e. The first-order chi connectivity index (χ1) is 10.3. The Morgan fingerprint density at radius 3 is 2.65 bits per heavy atom. The summed E-state index contributed by atoms with van der Waals surface area (Å²) in [4.78, 5) is 16.3. The molecule has 1 amide bonds. The van der Waals surface area contributed by atoms with Crippen molar-refractivity contribution in [3.63, 3.8) is 0 Å². The SMILES string of the molecule is Cc1c(C(=O)NCCCCN)sc2nc(C(F)(F)F)ccc12.Cl. The van der Waals surface area contributed by atoms with Gasteiger partial charge in [0, 0.05) is 11.9 Å². The second kappa shape index (κ2) is 7.94. The van der Waals surface area contributed by atoms with E-state index in [0.717, 1.165) is 30.2 Å².